The second-order valence-electron chi connectivity index (χ2n) is 5.41. The SMILES string of the molecule is COc1ccc2c(c1)c(-c1[c]cccc1)cn2-c1ccccc1. The van der Waals surface area contributed by atoms with E-state index in [4.69, 9.17) is 4.74 Å². The lowest BCUT2D eigenvalue weighted by Gasteiger charge is -2.05. The van der Waals surface area contributed by atoms with Gasteiger partial charge in [-0.2, -0.15) is 0 Å². The van der Waals surface area contributed by atoms with E-state index < -0.39 is 0 Å². The third-order valence-electron chi connectivity index (χ3n) is 4.05. The summed E-state index contributed by atoms with van der Waals surface area (Å²) >= 11 is 0. The lowest BCUT2D eigenvalue weighted by Crippen LogP contribution is -1.90. The van der Waals surface area contributed by atoms with Crippen molar-refractivity contribution in [2.75, 3.05) is 7.11 Å². The van der Waals surface area contributed by atoms with Gasteiger partial charge in [-0.05, 0) is 42.0 Å². The van der Waals surface area contributed by atoms with E-state index in [2.05, 4.69) is 59.3 Å². The van der Waals surface area contributed by atoms with Gasteiger partial charge < -0.3 is 9.30 Å². The van der Waals surface area contributed by atoms with Gasteiger partial charge in [-0.25, -0.2) is 0 Å². The molecule has 2 nitrogen and oxygen atoms in total. The van der Waals surface area contributed by atoms with Crippen molar-refractivity contribution in [3.8, 4) is 22.6 Å². The summed E-state index contributed by atoms with van der Waals surface area (Å²) in [6, 6.07) is 27.9. The fraction of sp³-hybridized carbons (Fsp3) is 0.0476. The van der Waals surface area contributed by atoms with Crippen LogP contribution in [0.15, 0.2) is 79.0 Å². The number of benzene rings is 3. The number of hydrogen-bond donors (Lipinski definition) is 0. The van der Waals surface area contributed by atoms with E-state index in [1.54, 1.807) is 7.11 Å². The summed E-state index contributed by atoms with van der Waals surface area (Å²) in [6.07, 6.45) is 2.17. The molecule has 23 heavy (non-hydrogen) atoms. The number of aromatic nitrogens is 1. The van der Waals surface area contributed by atoms with Crippen molar-refractivity contribution in [1.82, 2.24) is 4.57 Å². The van der Waals surface area contributed by atoms with Gasteiger partial charge in [0.05, 0.1) is 12.6 Å². The Hall–Kier alpha value is -3.00. The third kappa shape index (κ3) is 2.38. The van der Waals surface area contributed by atoms with Crippen LogP contribution in [0.25, 0.3) is 27.7 Å². The van der Waals surface area contributed by atoms with E-state index in [0.717, 1.165) is 33.5 Å². The minimum atomic E-state index is 0.862. The first kappa shape index (κ1) is 13.6. The first-order chi connectivity index (χ1) is 11.4. The molecular formula is C21H16NO. The molecule has 3 aromatic carbocycles. The topological polar surface area (TPSA) is 14.2 Å². The molecule has 1 heterocycles. The van der Waals surface area contributed by atoms with E-state index in [1.165, 1.54) is 0 Å². The molecule has 2 heteroatoms. The highest BCUT2D eigenvalue weighted by Crippen LogP contribution is 2.34. The summed E-state index contributed by atoms with van der Waals surface area (Å²) in [5.41, 5.74) is 4.54. The van der Waals surface area contributed by atoms with Gasteiger partial charge in [0.2, 0.25) is 0 Å². The average Bonchev–Trinajstić information content (AvgIpc) is 3.02. The lowest BCUT2D eigenvalue weighted by atomic mass is 10.0. The minimum absolute atomic E-state index is 0.862. The van der Waals surface area contributed by atoms with Gasteiger partial charge in [-0.15, -0.1) is 0 Å². The largest absolute Gasteiger partial charge is 0.497 e. The summed E-state index contributed by atoms with van der Waals surface area (Å²) in [5, 5.41) is 1.16. The summed E-state index contributed by atoms with van der Waals surface area (Å²) in [7, 11) is 1.70. The highest BCUT2D eigenvalue weighted by molar-refractivity contribution is 5.97. The fourth-order valence-corrected chi connectivity index (χ4v) is 2.91. The number of rotatable bonds is 3. The molecule has 4 rings (SSSR count). The molecule has 0 aliphatic rings. The summed E-state index contributed by atoms with van der Waals surface area (Å²) in [4.78, 5) is 0. The van der Waals surface area contributed by atoms with Gasteiger partial charge >= 0.3 is 0 Å². The number of methoxy groups -OCH3 is 1. The second kappa shape index (κ2) is 5.65. The molecule has 1 aromatic heterocycles. The van der Waals surface area contributed by atoms with E-state index >= 15 is 0 Å². The molecule has 1 radical (unpaired) electrons. The number of fused-ring (bicyclic) bond motifs is 1. The molecule has 0 saturated heterocycles. The van der Waals surface area contributed by atoms with Crippen LogP contribution >= 0.6 is 0 Å². The Balaban J connectivity index is 2.02. The third-order valence-corrected chi connectivity index (χ3v) is 4.05. The van der Waals surface area contributed by atoms with Gasteiger partial charge in [-0.1, -0.05) is 42.5 Å². The molecule has 4 aromatic rings. The molecule has 0 N–H and O–H groups in total. The van der Waals surface area contributed by atoms with E-state index in [9.17, 15) is 0 Å². The molecule has 0 aliphatic carbocycles. The van der Waals surface area contributed by atoms with Crippen LogP contribution in [-0.4, -0.2) is 11.7 Å². The number of ether oxygens (including phenoxy) is 1. The lowest BCUT2D eigenvalue weighted by molar-refractivity contribution is 0.415. The van der Waals surface area contributed by atoms with Crippen molar-refractivity contribution in [1.29, 1.82) is 0 Å². The van der Waals surface area contributed by atoms with Crippen LogP contribution in [0.4, 0.5) is 0 Å². The molecule has 0 aliphatic heterocycles. The molecule has 0 saturated carbocycles. The van der Waals surface area contributed by atoms with Crippen molar-refractivity contribution < 1.29 is 4.74 Å². The number of nitrogens with zero attached hydrogens (tertiary/aromatic N) is 1. The monoisotopic (exact) mass is 298 g/mol. The smallest absolute Gasteiger partial charge is 0.119 e. The van der Waals surface area contributed by atoms with Gasteiger partial charge in [0.1, 0.15) is 5.75 Å². The molecule has 0 fully saturated rings. The maximum Gasteiger partial charge on any atom is 0.119 e. The zero-order valence-electron chi connectivity index (χ0n) is 12.9. The van der Waals surface area contributed by atoms with Crippen LogP contribution < -0.4 is 4.74 Å². The van der Waals surface area contributed by atoms with Crippen molar-refractivity contribution in [3.05, 3.63) is 85.1 Å². The van der Waals surface area contributed by atoms with Crippen LogP contribution in [0.5, 0.6) is 5.75 Å². The van der Waals surface area contributed by atoms with Gasteiger partial charge in [0.25, 0.3) is 0 Å². The van der Waals surface area contributed by atoms with Crippen molar-refractivity contribution >= 4 is 10.9 Å². The molecule has 0 bridgehead atoms. The van der Waals surface area contributed by atoms with Crippen LogP contribution in [0.3, 0.4) is 0 Å². The zero-order valence-corrected chi connectivity index (χ0v) is 12.9. The van der Waals surface area contributed by atoms with E-state index in [1.807, 2.05) is 30.3 Å². The molecule has 0 unspecified atom stereocenters. The van der Waals surface area contributed by atoms with Gasteiger partial charge in [0.15, 0.2) is 0 Å². The summed E-state index contributed by atoms with van der Waals surface area (Å²) in [5.74, 6) is 0.862. The van der Waals surface area contributed by atoms with E-state index in [0.29, 0.717) is 0 Å². The van der Waals surface area contributed by atoms with Crippen LogP contribution in [0.2, 0.25) is 0 Å². The summed E-state index contributed by atoms with van der Waals surface area (Å²) < 4.78 is 7.62. The van der Waals surface area contributed by atoms with Crippen LogP contribution in [-0.2, 0) is 0 Å². The standard InChI is InChI=1S/C21H16NO/c1-23-18-12-13-21-19(14-18)20(16-8-4-2-5-9-16)15-22(21)17-10-6-3-7-11-17/h2-8,10-15H,1H3. The van der Waals surface area contributed by atoms with Crippen molar-refractivity contribution in [2.45, 2.75) is 0 Å². The van der Waals surface area contributed by atoms with Crippen LogP contribution in [0.1, 0.15) is 0 Å². The normalized spacial score (nSPS) is 10.8. The first-order valence-electron chi connectivity index (χ1n) is 7.58. The zero-order chi connectivity index (χ0) is 15.6. The highest BCUT2D eigenvalue weighted by Gasteiger charge is 2.12. The predicted octanol–water partition coefficient (Wildman–Crippen LogP) is 5.11. The Bertz CT molecular complexity index is 940. The minimum Gasteiger partial charge on any atom is -0.497 e. The van der Waals surface area contributed by atoms with Crippen LogP contribution in [0, 0.1) is 6.07 Å². The Kier molecular flexibility index (Phi) is 3.35. The average molecular weight is 298 g/mol. The van der Waals surface area contributed by atoms with Gasteiger partial charge in [-0.3, -0.25) is 0 Å². The molecule has 0 spiro atoms. The number of para-hydroxylation sites is 1. The number of hydrogen-bond acceptors (Lipinski definition) is 1. The molecule has 0 amide bonds. The molecule has 111 valence electrons. The quantitative estimate of drug-likeness (QED) is 0.513. The maximum atomic E-state index is 5.41. The fourth-order valence-electron chi connectivity index (χ4n) is 2.91. The second-order valence-corrected chi connectivity index (χ2v) is 5.41. The van der Waals surface area contributed by atoms with E-state index in [-0.39, 0.29) is 0 Å². The summed E-state index contributed by atoms with van der Waals surface area (Å²) in [6.45, 7) is 0. The van der Waals surface area contributed by atoms with Crippen molar-refractivity contribution in [2.24, 2.45) is 0 Å². The molecule has 0 atom stereocenters. The first-order valence-corrected chi connectivity index (χ1v) is 7.58. The maximum absolute atomic E-state index is 5.41. The Morgan fingerprint density at radius 2 is 1.74 bits per heavy atom. The van der Waals surface area contributed by atoms with Gasteiger partial charge in [0, 0.05) is 22.8 Å². The molecular weight excluding hydrogens is 282 g/mol. The predicted molar refractivity (Wildman–Crippen MR) is 94.1 cm³/mol. The highest BCUT2D eigenvalue weighted by atomic mass is 16.5. The Morgan fingerprint density at radius 3 is 2.48 bits per heavy atom. The Morgan fingerprint density at radius 1 is 0.913 bits per heavy atom. The van der Waals surface area contributed by atoms with Crippen molar-refractivity contribution in [3.63, 3.8) is 0 Å². The Labute approximate surface area is 135 Å².